The van der Waals surface area contributed by atoms with Gasteiger partial charge in [0.1, 0.15) is 5.69 Å². The maximum atomic E-state index is 13.0. The maximum Gasteiger partial charge on any atom is 0.243 e. The Morgan fingerprint density at radius 1 is 1.29 bits per heavy atom. The summed E-state index contributed by atoms with van der Waals surface area (Å²) in [6, 6.07) is 5.41. The quantitative estimate of drug-likeness (QED) is 0.812. The summed E-state index contributed by atoms with van der Waals surface area (Å²) < 4.78 is 34.3. The summed E-state index contributed by atoms with van der Waals surface area (Å²) in [6.07, 6.45) is 0.607. The van der Waals surface area contributed by atoms with E-state index >= 15 is 0 Å². The lowest BCUT2D eigenvalue weighted by atomic mass is 10.2. The van der Waals surface area contributed by atoms with E-state index in [1.54, 1.807) is 17.9 Å². The van der Waals surface area contributed by atoms with Gasteiger partial charge in [-0.1, -0.05) is 22.9 Å². The molecule has 0 N–H and O–H groups in total. The number of sulfonamides is 1. The average Bonchev–Trinajstić information content (AvgIpc) is 2.94. The summed E-state index contributed by atoms with van der Waals surface area (Å²) in [5, 5.41) is 8.27. The molecule has 1 aliphatic rings. The van der Waals surface area contributed by atoms with Crippen LogP contribution in [0, 0.1) is 13.8 Å². The van der Waals surface area contributed by atoms with Crippen molar-refractivity contribution in [2.75, 3.05) is 20.3 Å². The minimum atomic E-state index is -3.53. The van der Waals surface area contributed by atoms with Crippen LogP contribution in [0.15, 0.2) is 23.1 Å². The van der Waals surface area contributed by atoms with Crippen molar-refractivity contribution >= 4 is 10.0 Å². The molecule has 24 heavy (non-hydrogen) atoms. The van der Waals surface area contributed by atoms with Crippen molar-refractivity contribution in [1.29, 1.82) is 0 Å². The summed E-state index contributed by atoms with van der Waals surface area (Å²) in [6.45, 7) is 5.66. The van der Waals surface area contributed by atoms with Crippen molar-refractivity contribution in [2.24, 2.45) is 0 Å². The van der Waals surface area contributed by atoms with Gasteiger partial charge in [0.2, 0.25) is 10.0 Å². The number of fused-ring (bicyclic) bond motifs is 1. The van der Waals surface area contributed by atoms with Gasteiger partial charge in [-0.15, -0.1) is 5.10 Å². The van der Waals surface area contributed by atoms with E-state index in [2.05, 4.69) is 10.3 Å². The van der Waals surface area contributed by atoms with Gasteiger partial charge in [0, 0.05) is 20.1 Å². The Hall–Kier alpha value is -1.77. The van der Waals surface area contributed by atoms with Crippen LogP contribution in [0.2, 0.25) is 0 Å². The fraction of sp³-hybridized carbons (Fsp3) is 0.500. The van der Waals surface area contributed by atoms with E-state index in [1.165, 1.54) is 4.31 Å². The van der Waals surface area contributed by atoms with Gasteiger partial charge in [0.15, 0.2) is 0 Å². The molecule has 8 heteroatoms. The van der Waals surface area contributed by atoms with E-state index in [4.69, 9.17) is 4.74 Å². The molecular weight excluding hydrogens is 328 g/mol. The third-order valence-electron chi connectivity index (χ3n) is 4.30. The Morgan fingerprint density at radius 2 is 2.08 bits per heavy atom. The topological polar surface area (TPSA) is 77.3 Å². The fourth-order valence-electron chi connectivity index (χ4n) is 3.03. The molecule has 1 aliphatic heterocycles. The zero-order chi connectivity index (χ0) is 17.3. The molecule has 0 unspecified atom stereocenters. The third kappa shape index (κ3) is 3.09. The zero-order valence-electron chi connectivity index (χ0n) is 14.2. The molecule has 0 bridgehead atoms. The molecule has 1 aromatic carbocycles. The first-order valence-electron chi connectivity index (χ1n) is 7.91. The molecule has 7 nitrogen and oxygen atoms in total. The number of rotatable bonds is 5. The maximum absolute atomic E-state index is 13.0. The lowest BCUT2D eigenvalue weighted by Gasteiger charge is -2.26. The van der Waals surface area contributed by atoms with Crippen LogP contribution in [0.3, 0.4) is 0 Å². The molecule has 0 radical (unpaired) electrons. The largest absolute Gasteiger partial charge is 0.383 e. The Morgan fingerprint density at radius 3 is 2.79 bits per heavy atom. The van der Waals surface area contributed by atoms with Gasteiger partial charge in [-0.05, 0) is 25.5 Å². The second kappa shape index (κ2) is 6.62. The molecule has 0 saturated heterocycles. The molecule has 0 amide bonds. The monoisotopic (exact) mass is 350 g/mol. The van der Waals surface area contributed by atoms with Crippen LogP contribution >= 0.6 is 0 Å². The number of methoxy groups -OCH3 is 1. The number of aromatic nitrogens is 3. The van der Waals surface area contributed by atoms with E-state index in [0.29, 0.717) is 31.0 Å². The second-order valence-corrected chi connectivity index (χ2v) is 7.96. The van der Waals surface area contributed by atoms with E-state index in [1.807, 2.05) is 26.0 Å². The normalized spacial score (nSPS) is 15.5. The van der Waals surface area contributed by atoms with Gasteiger partial charge >= 0.3 is 0 Å². The Labute approximate surface area is 142 Å². The van der Waals surface area contributed by atoms with Gasteiger partial charge < -0.3 is 4.74 Å². The molecule has 2 aromatic rings. The number of aryl methyl sites for hydroxylation is 2. The highest BCUT2D eigenvalue weighted by atomic mass is 32.2. The predicted molar refractivity (Wildman–Crippen MR) is 89.1 cm³/mol. The van der Waals surface area contributed by atoms with Crippen molar-refractivity contribution < 1.29 is 13.2 Å². The highest BCUT2D eigenvalue weighted by Crippen LogP contribution is 2.26. The third-order valence-corrected chi connectivity index (χ3v) is 6.30. The number of ether oxygens (including phenoxy) is 1. The molecular formula is C16H22N4O3S. The first-order valence-corrected chi connectivity index (χ1v) is 9.35. The highest BCUT2D eigenvalue weighted by Gasteiger charge is 2.32. The van der Waals surface area contributed by atoms with Crippen LogP contribution in [-0.4, -0.2) is 48.0 Å². The van der Waals surface area contributed by atoms with Gasteiger partial charge in [0.25, 0.3) is 0 Å². The molecule has 0 saturated carbocycles. The molecule has 3 rings (SSSR count). The van der Waals surface area contributed by atoms with Crippen molar-refractivity contribution in [1.82, 2.24) is 19.3 Å². The second-order valence-electron chi connectivity index (χ2n) is 6.06. The zero-order valence-corrected chi connectivity index (χ0v) is 15.0. The van der Waals surface area contributed by atoms with Gasteiger partial charge in [-0.3, -0.25) is 0 Å². The molecule has 0 atom stereocenters. The van der Waals surface area contributed by atoms with Crippen LogP contribution in [0.5, 0.6) is 0 Å². The molecule has 0 fully saturated rings. The van der Waals surface area contributed by atoms with Crippen molar-refractivity contribution in [2.45, 2.75) is 38.3 Å². The number of nitrogens with zero attached hydrogens (tertiary/aromatic N) is 4. The molecule has 130 valence electrons. The molecule has 0 aliphatic carbocycles. The van der Waals surface area contributed by atoms with Gasteiger partial charge in [-0.25, -0.2) is 13.1 Å². The lowest BCUT2D eigenvalue weighted by molar-refractivity contribution is 0.181. The van der Waals surface area contributed by atoms with E-state index in [-0.39, 0.29) is 6.54 Å². The smallest absolute Gasteiger partial charge is 0.243 e. The fourth-order valence-corrected chi connectivity index (χ4v) is 4.64. The van der Waals surface area contributed by atoms with Crippen LogP contribution in [0.4, 0.5) is 0 Å². The van der Waals surface area contributed by atoms with Gasteiger partial charge in [0.05, 0.1) is 30.3 Å². The Bertz CT molecular complexity index is 845. The van der Waals surface area contributed by atoms with Crippen LogP contribution < -0.4 is 0 Å². The summed E-state index contributed by atoms with van der Waals surface area (Å²) in [5.41, 5.74) is 3.54. The summed E-state index contributed by atoms with van der Waals surface area (Å²) in [5.74, 6) is 0. The van der Waals surface area contributed by atoms with Crippen molar-refractivity contribution in [3.05, 3.63) is 40.7 Å². The number of hydrogen-bond donors (Lipinski definition) is 0. The standard InChI is InChI=1S/C16H22N4O3S/c1-12-4-5-16(13(2)10-12)24(21,22)19-7-6-15-14(11-19)17-18-20(15)8-9-23-3/h4-5,10H,6-9,11H2,1-3H3. The van der Waals surface area contributed by atoms with Crippen LogP contribution in [0.1, 0.15) is 22.5 Å². The van der Waals surface area contributed by atoms with E-state index in [0.717, 1.165) is 22.5 Å². The van der Waals surface area contributed by atoms with Crippen LogP contribution in [-0.2, 0) is 34.3 Å². The first kappa shape index (κ1) is 17.1. The van der Waals surface area contributed by atoms with Crippen molar-refractivity contribution in [3.63, 3.8) is 0 Å². The summed E-state index contributed by atoms with van der Waals surface area (Å²) >= 11 is 0. The molecule has 2 heterocycles. The number of benzene rings is 1. The molecule has 1 aromatic heterocycles. The Kier molecular flexibility index (Phi) is 4.71. The number of hydrogen-bond acceptors (Lipinski definition) is 5. The van der Waals surface area contributed by atoms with E-state index in [9.17, 15) is 8.42 Å². The SMILES string of the molecule is COCCn1nnc2c1CCN(S(=O)(=O)c1ccc(C)cc1C)C2. The van der Waals surface area contributed by atoms with Crippen LogP contribution in [0.25, 0.3) is 0 Å². The summed E-state index contributed by atoms with van der Waals surface area (Å²) in [4.78, 5) is 0.364. The highest BCUT2D eigenvalue weighted by molar-refractivity contribution is 7.89. The van der Waals surface area contributed by atoms with Crippen molar-refractivity contribution in [3.8, 4) is 0 Å². The predicted octanol–water partition coefficient (Wildman–Crippen LogP) is 1.29. The van der Waals surface area contributed by atoms with Gasteiger partial charge in [-0.2, -0.15) is 4.31 Å². The average molecular weight is 350 g/mol. The minimum Gasteiger partial charge on any atom is -0.383 e. The summed E-state index contributed by atoms with van der Waals surface area (Å²) in [7, 11) is -1.89. The Balaban J connectivity index is 1.85. The lowest BCUT2D eigenvalue weighted by Crippen LogP contribution is -2.37. The first-order chi connectivity index (χ1) is 11.4. The minimum absolute atomic E-state index is 0.262. The molecule has 0 spiro atoms. The van der Waals surface area contributed by atoms with E-state index < -0.39 is 10.0 Å².